The Balaban J connectivity index is 2.24. The van der Waals surface area contributed by atoms with Crippen LogP contribution >= 0.6 is 11.3 Å². The number of aryl methyl sites for hydroxylation is 1. The summed E-state index contributed by atoms with van der Waals surface area (Å²) in [5.74, 6) is -3.24. The highest BCUT2D eigenvalue weighted by Crippen LogP contribution is 2.36. The summed E-state index contributed by atoms with van der Waals surface area (Å²) in [5, 5.41) is 12.6. The molecule has 1 aromatic rings. The van der Waals surface area contributed by atoms with Gasteiger partial charge in [-0.25, -0.2) is 4.79 Å². The fourth-order valence-electron chi connectivity index (χ4n) is 3.00. The Labute approximate surface area is 150 Å². The van der Waals surface area contributed by atoms with Gasteiger partial charge in [-0.15, -0.1) is 11.3 Å². The number of ether oxygens (including phenoxy) is 1. The predicted octanol–water partition coefficient (Wildman–Crippen LogP) is 3.62. The molecular weight excluding hydrogens is 342 g/mol. The van der Waals surface area contributed by atoms with E-state index in [1.54, 1.807) is 13.0 Å². The van der Waals surface area contributed by atoms with E-state index in [0.717, 1.165) is 16.0 Å². The van der Waals surface area contributed by atoms with E-state index in [1.807, 2.05) is 20.8 Å². The molecule has 2 N–H and O–H groups in total. The second-order valence-corrected chi connectivity index (χ2v) is 7.59. The van der Waals surface area contributed by atoms with Crippen LogP contribution in [0.5, 0.6) is 0 Å². The third-order valence-electron chi connectivity index (χ3n) is 4.51. The average Bonchev–Trinajstić information content (AvgIpc) is 2.90. The summed E-state index contributed by atoms with van der Waals surface area (Å²) in [5.41, 5.74) is 2.38. The monoisotopic (exact) mass is 365 g/mol. The lowest BCUT2D eigenvalue weighted by Crippen LogP contribution is -2.36. The Kier molecular flexibility index (Phi) is 6.00. The van der Waals surface area contributed by atoms with Crippen LogP contribution in [-0.4, -0.2) is 29.6 Å². The topological polar surface area (TPSA) is 92.7 Å². The van der Waals surface area contributed by atoms with Gasteiger partial charge in [-0.1, -0.05) is 11.1 Å². The van der Waals surface area contributed by atoms with Crippen molar-refractivity contribution in [2.45, 2.75) is 40.5 Å². The fourth-order valence-corrected chi connectivity index (χ4v) is 3.90. The van der Waals surface area contributed by atoms with Gasteiger partial charge in [0.05, 0.1) is 24.0 Å². The second kappa shape index (κ2) is 7.82. The summed E-state index contributed by atoms with van der Waals surface area (Å²) in [6.45, 7) is 7.62. The number of hydrogen-bond donors (Lipinski definition) is 2. The lowest BCUT2D eigenvalue weighted by atomic mass is 9.76. The summed E-state index contributed by atoms with van der Waals surface area (Å²) in [7, 11) is 0. The highest BCUT2D eigenvalue weighted by Gasteiger charge is 2.37. The molecule has 0 saturated carbocycles. The molecule has 0 spiro atoms. The van der Waals surface area contributed by atoms with E-state index < -0.39 is 23.8 Å². The maximum atomic E-state index is 12.7. The van der Waals surface area contributed by atoms with Crippen molar-refractivity contribution >= 4 is 34.2 Å². The largest absolute Gasteiger partial charge is 0.481 e. The highest BCUT2D eigenvalue weighted by molar-refractivity contribution is 7.16. The van der Waals surface area contributed by atoms with Crippen LogP contribution < -0.4 is 5.32 Å². The number of thiophene rings is 1. The number of carboxylic acids is 1. The standard InChI is InChI=1S/C18H23NO5S/c1-5-24-18(23)14-8-11(4)25-16(14)19-15(20)12-6-9(2)10(3)7-13(12)17(21)22/h8,12-13H,5-7H2,1-4H3,(H,19,20)(H,21,22)/t12-,13-/m0/s1. The quantitative estimate of drug-likeness (QED) is 0.614. The molecule has 0 unspecified atom stereocenters. The van der Waals surface area contributed by atoms with Crippen molar-refractivity contribution in [2.24, 2.45) is 11.8 Å². The first-order valence-electron chi connectivity index (χ1n) is 8.21. The van der Waals surface area contributed by atoms with Crippen molar-refractivity contribution in [1.82, 2.24) is 0 Å². The number of aliphatic carboxylic acids is 1. The normalized spacial score (nSPS) is 20.3. The number of allylic oxidation sites excluding steroid dienone is 2. The van der Waals surface area contributed by atoms with Gasteiger partial charge >= 0.3 is 11.9 Å². The van der Waals surface area contributed by atoms with E-state index in [1.165, 1.54) is 11.3 Å². The average molecular weight is 365 g/mol. The van der Waals surface area contributed by atoms with Gasteiger partial charge in [0.15, 0.2) is 0 Å². The summed E-state index contributed by atoms with van der Waals surface area (Å²) in [4.78, 5) is 37.2. The third-order valence-corrected chi connectivity index (χ3v) is 5.47. The molecule has 0 radical (unpaired) electrons. The lowest BCUT2D eigenvalue weighted by Gasteiger charge is -2.29. The van der Waals surface area contributed by atoms with Gasteiger partial charge in [0, 0.05) is 4.88 Å². The number of esters is 1. The van der Waals surface area contributed by atoms with Crippen LogP contribution in [0, 0.1) is 18.8 Å². The van der Waals surface area contributed by atoms with Gasteiger partial charge in [-0.3, -0.25) is 9.59 Å². The molecule has 2 atom stereocenters. The van der Waals surface area contributed by atoms with Crippen molar-refractivity contribution in [3.8, 4) is 0 Å². The molecule has 0 saturated heterocycles. The number of rotatable bonds is 5. The number of carbonyl (C=O) groups excluding carboxylic acids is 2. The van der Waals surface area contributed by atoms with Gasteiger partial charge in [-0.2, -0.15) is 0 Å². The van der Waals surface area contributed by atoms with E-state index in [0.29, 0.717) is 23.4 Å². The lowest BCUT2D eigenvalue weighted by molar-refractivity contribution is -0.146. The van der Waals surface area contributed by atoms with Crippen LogP contribution in [0.25, 0.3) is 0 Å². The number of amides is 1. The van der Waals surface area contributed by atoms with Crippen molar-refractivity contribution < 1.29 is 24.2 Å². The number of carboxylic acid groups (broad SMARTS) is 1. The molecule has 0 fully saturated rings. The number of carbonyl (C=O) groups is 3. The molecule has 1 aliphatic rings. The maximum absolute atomic E-state index is 12.7. The minimum Gasteiger partial charge on any atom is -0.481 e. The van der Waals surface area contributed by atoms with E-state index >= 15 is 0 Å². The van der Waals surface area contributed by atoms with E-state index in [4.69, 9.17) is 4.74 Å². The number of anilines is 1. The smallest absolute Gasteiger partial charge is 0.341 e. The Bertz CT molecular complexity index is 734. The number of hydrogen-bond acceptors (Lipinski definition) is 5. The molecule has 25 heavy (non-hydrogen) atoms. The Hall–Kier alpha value is -2.15. The van der Waals surface area contributed by atoms with Crippen LogP contribution in [0.4, 0.5) is 5.00 Å². The first-order chi connectivity index (χ1) is 11.7. The van der Waals surface area contributed by atoms with Crippen molar-refractivity contribution in [3.05, 3.63) is 27.7 Å². The highest BCUT2D eigenvalue weighted by atomic mass is 32.1. The van der Waals surface area contributed by atoms with Crippen LogP contribution in [0.1, 0.15) is 48.8 Å². The predicted molar refractivity (Wildman–Crippen MR) is 95.9 cm³/mol. The zero-order valence-corrected chi connectivity index (χ0v) is 15.7. The molecule has 0 bridgehead atoms. The summed E-state index contributed by atoms with van der Waals surface area (Å²) < 4.78 is 5.01. The molecule has 6 nitrogen and oxygen atoms in total. The number of nitrogens with one attached hydrogen (secondary N) is 1. The van der Waals surface area contributed by atoms with Gasteiger partial charge in [0.1, 0.15) is 5.00 Å². The molecule has 7 heteroatoms. The van der Waals surface area contributed by atoms with Gasteiger partial charge in [0.2, 0.25) is 5.91 Å². The van der Waals surface area contributed by atoms with Crippen LogP contribution in [-0.2, 0) is 14.3 Å². The first kappa shape index (κ1) is 19.2. The molecule has 1 heterocycles. The van der Waals surface area contributed by atoms with Crippen molar-refractivity contribution in [3.63, 3.8) is 0 Å². The summed E-state index contributed by atoms with van der Waals surface area (Å²) >= 11 is 1.28. The fraction of sp³-hybridized carbons (Fsp3) is 0.500. The molecule has 1 aromatic heterocycles. The molecule has 2 rings (SSSR count). The van der Waals surface area contributed by atoms with E-state index in [9.17, 15) is 19.5 Å². The SMILES string of the molecule is CCOC(=O)c1cc(C)sc1NC(=O)[C@H]1CC(C)=C(C)C[C@@H]1C(=O)O. The third kappa shape index (κ3) is 4.28. The molecular formula is C18H23NO5S. The Morgan fingerprint density at radius 3 is 2.36 bits per heavy atom. The van der Waals surface area contributed by atoms with Gasteiger partial charge in [-0.05, 0) is 46.6 Å². The summed E-state index contributed by atoms with van der Waals surface area (Å²) in [6, 6.07) is 1.67. The van der Waals surface area contributed by atoms with Crippen molar-refractivity contribution in [2.75, 3.05) is 11.9 Å². The molecule has 1 aliphatic carbocycles. The summed E-state index contributed by atoms with van der Waals surface area (Å²) in [6.07, 6.45) is 0.779. The Morgan fingerprint density at radius 2 is 1.80 bits per heavy atom. The van der Waals surface area contributed by atoms with Crippen molar-refractivity contribution in [1.29, 1.82) is 0 Å². The van der Waals surface area contributed by atoms with Crippen LogP contribution in [0.3, 0.4) is 0 Å². The maximum Gasteiger partial charge on any atom is 0.341 e. The van der Waals surface area contributed by atoms with E-state index in [2.05, 4.69) is 5.32 Å². The van der Waals surface area contributed by atoms with E-state index in [-0.39, 0.29) is 12.5 Å². The molecule has 0 aliphatic heterocycles. The second-order valence-electron chi connectivity index (χ2n) is 6.33. The minimum atomic E-state index is -0.972. The molecule has 0 aromatic carbocycles. The van der Waals surface area contributed by atoms with Gasteiger partial charge in [0.25, 0.3) is 0 Å². The Morgan fingerprint density at radius 1 is 1.20 bits per heavy atom. The minimum absolute atomic E-state index is 0.244. The zero-order chi connectivity index (χ0) is 18.7. The molecule has 136 valence electrons. The van der Waals surface area contributed by atoms with Gasteiger partial charge < -0.3 is 15.2 Å². The first-order valence-corrected chi connectivity index (χ1v) is 9.02. The zero-order valence-electron chi connectivity index (χ0n) is 14.8. The van der Waals surface area contributed by atoms with Crippen LogP contribution in [0.15, 0.2) is 17.2 Å². The molecule has 1 amide bonds. The van der Waals surface area contributed by atoms with Crippen LogP contribution in [0.2, 0.25) is 0 Å².